The third kappa shape index (κ3) is 4.63. The summed E-state index contributed by atoms with van der Waals surface area (Å²) in [7, 11) is 0. The lowest BCUT2D eigenvalue weighted by molar-refractivity contribution is -0.116. The number of benzene rings is 2. The van der Waals surface area contributed by atoms with Crippen molar-refractivity contribution in [2.24, 2.45) is 0 Å². The van der Waals surface area contributed by atoms with Gasteiger partial charge in [-0.25, -0.2) is 4.39 Å². The molecule has 0 saturated heterocycles. The normalized spacial score (nSPS) is 10.6. The number of aromatic nitrogens is 2. The van der Waals surface area contributed by atoms with Gasteiger partial charge in [-0.1, -0.05) is 5.16 Å². The molecule has 1 aromatic heterocycles. The lowest BCUT2D eigenvalue weighted by atomic mass is 10.1. The van der Waals surface area contributed by atoms with Crippen molar-refractivity contribution in [3.05, 3.63) is 65.3 Å². The molecule has 27 heavy (non-hydrogen) atoms. The minimum atomic E-state index is -0.296. The van der Waals surface area contributed by atoms with Gasteiger partial charge in [0.2, 0.25) is 17.6 Å². The number of carbonyl (C=O) groups excluding carboxylic acids is 2. The summed E-state index contributed by atoms with van der Waals surface area (Å²) in [6.07, 6.45) is 0.447. The van der Waals surface area contributed by atoms with E-state index in [0.717, 1.165) is 0 Å². The maximum atomic E-state index is 13.3. The Morgan fingerprint density at radius 3 is 2.56 bits per heavy atom. The molecule has 0 aliphatic rings. The fraction of sp³-hybridized carbons (Fsp3) is 0.200. The van der Waals surface area contributed by atoms with Gasteiger partial charge in [0.1, 0.15) is 5.82 Å². The molecule has 0 radical (unpaired) electrons. The average Bonchev–Trinajstić information content (AvgIpc) is 3.12. The van der Waals surface area contributed by atoms with Gasteiger partial charge in [-0.05, 0) is 61.9 Å². The average molecular weight is 367 g/mol. The Balaban J connectivity index is 1.57. The first kappa shape index (κ1) is 18.4. The van der Waals surface area contributed by atoms with Gasteiger partial charge in [-0.15, -0.1) is 0 Å². The molecule has 1 amide bonds. The van der Waals surface area contributed by atoms with Gasteiger partial charge >= 0.3 is 0 Å². The van der Waals surface area contributed by atoms with Crippen LogP contribution in [-0.2, 0) is 11.2 Å². The van der Waals surface area contributed by atoms with E-state index in [9.17, 15) is 14.0 Å². The highest BCUT2D eigenvalue weighted by molar-refractivity contribution is 5.95. The highest BCUT2D eigenvalue weighted by Crippen LogP contribution is 2.19. The number of hydrogen-bond acceptors (Lipinski definition) is 5. The van der Waals surface area contributed by atoms with Crippen LogP contribution >= 0.6 is 0 Å². The molecule has 0 saturated carbocycles. The molecule has 0 aliphatic carbocycles. The lowest BCUT2D eigenvalue weighted by Crippen LogP contribution is -2.12. The molecule has 2 aromatic carbocycles. The maximum Gasteiger partial charge on any atom is 0.227 e. The van der Waals surface area contributed by atoms with Gasteiger partial charge in [0.15, 0.2) is 5.78 Å². The standard InChI is InChI=1S/C20H18FN3O3/c1-12-11-15(5-8-17(12)21)20-23-19(27-24-20)10-9-18(26)22-16-6-3-14(4-7-16)13(2)25/h3-8,11H,9-10H2,1-2H3,(H,22,26). The Kier molecular flexibility index (Phi) is 5.40. The first-order chi connectivity index (χ1) is 12.9. The summed E-state index contributed by atoms with van der Waals surface area (Å²) in [4.78, 5) is 27.5. The van der Waals surface area contributed by atoms with Crippen molar-refractivity contribution in [2.45, 2.75) is 26.7 Å². The van der Waals surface area contributed by atoms with Crippen molar-refractivity contribution in [3.63, 3.8) is 0 Å². The minimum Gasteiger partial charge on any atom is -0.339 e. The first-order valence-electron chi connectivity index (χ1n) is 8.42. The van der Waals surface area contributed by atoms with Crippen LogP contribution in [0.4, 0.5) is 10.1 Å². The Bertz CT molecular complexity index is 980. The van der Waals surface area contributed by atoms with E-state index in [-0.39, 0.29) is 30.3 Å². The van der Waals surface area contributed by atoms with Crippen LogP contribution in [0.25, 0.3) is 11.4 Å². The third-order valence-corrected chi connectivity index (χ3v) is 4.03. The van der Waals surface area contributed by atoms with Crippen molar-refractivity contribution in [1.29, 1.82) is 0 Å². The molecule has 0 aliphatic heterocycles. The number of hydrogen-bond donors (Lipinski definition) is 1. The molecular weight excluding hydrogens is 349 g/mol. The van der Waals surface area contributed by atoms with Crippen molar-refractivity contribution in [2.75, 3.05) is 5.32 Å². The number of anilines is 1. The number of aryl methyl sites for hydroxylation is 2. The third-order valence-electron chi connectivity index (χ3n) is 4.03. The van der Waals surface area contributed by atoms with Crippen LogP contribution < -0.4 is 5.32 Å². The molecule has 3 aromatic rings. The summed E-state index contributed by atoms with van der Waals surface area (Å²) in [5.41, 5.74) is 2.34. The van der Waals surface area contributed by atoms with Crippen molar-refractivity contribution < 1.29 is 18.5 Å². The van der Waals surface area contributed by atoms with Gasteiger partial charge in [-0.2, -0.15) is 4.98 Å². The monoisotopic (exact) mass is 367 g/mol. The summed E-state index contributed by atoms with van der Waals surface area (Å²) in [5.74, 6) is 0.150. The van der Waals surface area contributed by atoms with Crippen molar-refractivity contribution >= 4 is 17.4 Å². The molecule has 0 bridgehead atoms. The second-order valence-electron chi connectivity index (χ2n) is 6.16. The zero-order chi connectivity index (χ0) is 19.4. The Morgan fingerprint density at radius 1 is 1.15 bits per heavy atom. The number of ketones is 1. The molecule has 0 spiro atoms. The van der Waals surface area contributed by atoms with Gasteiger partial charge < -0.3 is 9.84 Å². The SMILES string of the molecule is CC(=O)c1ccc(NC(=O)CCc2nc(-c3ccc(F)c(C)c3)no2)cc1. The van der Waals surface area contributed by atoms with E-state index in [2.05, 4.69) is 15.5 Å². The molecule has 138 valence electrons. The molecule has 0 atom stereocenters. The predicted octanol–water partition coefficient (Wildman–Crippen LogP) is 3.96. The molecule has 1 N–H and O–H groups in total. The van der Waals surface area contributed by atoms with E-state index in [1.165, 1.54) is 13.0 Å². The smallest absolute Gasteiger partial charge is 0.227 e. The van der Waals surface area contributed by atoms with Gasteiger partial charge in [0, 0.05) is 29.7 Å². The highest BCUT2D eigenvalue weighted by atomic mass is 19.1. The topological polar surface area (TPSA) is 85.1 Å². The summed E-state index contributed by atoms with van der Waals surface area (Å²) in [5, 5.41) is 6.62. The molecule has 0 unspecified atom stereocenters. The number of rotatable bonds is 6. The van der Waals surface area contributed by atoms with Crippen LogP contribution in [0, 0.1) is 12.7 Å². The maximum absolute atomic E-state index is 13.3. The molecule has 0 fully saturated rings. The van der Waals surface area contributed by atoms with Crippen LogP contribution in [0.2, 0.25) is 0 Å². The highest BCUT2D eigenvalue weighted by Gasteiger charge is 2.12. The first-order valence-corrected chi connectivity index (χ1v) is 8.42. The van der Waals surface area contributed by atoms with Crippen LogP contribution in [-0.4, -0.2) is 21.8 Å². The van der Waals surface area contributed by atoms with Crippen LogP contribution in [0.5, 0.6) is 0 Å². The number of carbonyl (C=O) groups is 2. The van der Waals surface area contributed by atoms with Crippen LogP contribution in [0.3, 0.4) is 0 Å². The Labute approximate surface area is 155 Å². The predicted molar refractivity (Wildman–Crippen MR) is 97.8 cm³/mol. The molecular formula is C20H18FN3O3. The van der Waals surface area contributed by atoms with Crippen LogP contribution in [0.15, 0.2) is 47.0 Å². The van der Waals surface area contributed by atoms with Crippen molar-refractivity contribution in [1.82, 2.24) is 10.1 Å². The second-order valence-corrected chi connectivity index (χ2v) is 6.16. The molecule has 7 heteroatoms. The summed E-state index contributed by atoms with van der Waals surface area (Å²) in [6, 6.07) is 11.2. The largest absolute Gasteiger partial charge is 0.339 e. The van der Waals surface area contributed by atoms with Crippen molar-refractivity contribution in [3.8, 4) is 11.4 Å². The van der Waals surface area contributed by atoms with E-state index >= 15 is 0 Å². The number of amides is 1. The summed E-state index contributed by atoms with van der Waals surface area (Å²) < 4.78 is 18.5. The van der Waals surface area contributed by atoms with Gasteiger partial charge in [0.05, 0.1) is 0 Å². The lowest BCUT2D eigenvalue weighted by Gasteiger charge is -2.04. The quantitative estimate of drug-likeness (QED) is 0.667. The summed E-state index contributed by atoms with van der Waals surface area (Å²) in [6.45, 7) is 3.15. The van der Waals surface area contributed by atoms with E-state index in [0.29, 0.717) is 34.1 Å². The number of nitrogens with one attached hydrogen (secondary N) is 1. The number of Topliss-reactive ketones (excluding diaryl/α,β-unsaturated/α-hetero) is 1. The fourth-order valence-electron chi connectivity index (χ4n) is 2.49. The number of halogens is 1. The zero-order valence-corrected chi connectivity index (χ0v) is 15.0. The van der Waals surface area contributed by atoms with E-state index < -0.39 is 0 Å². The van der Waals surface area contributed by atoms with Gasteiger partial charge in [0.25, 0.3) is 0 Å². The molecule has 3 rings (SSSR count). The molecule has 1 heterocycles. The van der Waals surface area contributed by atoms with Crippen LogP contribution in [0.1, 0.15) is 35.2 Å². The van der Waals surface area contributed by atoms with E-state index in [4.69, 9.17) is 4.52 Å². The van der Waals surface area contributed by atoms with Gasteiger partial charge in [-0.3, -0.25) is 9.59 Å². The summed E-state index contributed by atoms with van der Waals surface area (Å²) >= 11 is 0. The molecule has 6 nitrogen and oxygen atoms in total. The zero-order valence-electron chi connectivity index (χ0n) is 15.0. The fourth-order valence-corrected chi connectivity index (χ4v) is 2.49. The Hall–Kier alpha value is -3.35. The van der Waals surface area contributed by atoms with E-state index in [1.54, 1.807) is 43.3 Å². The Morgan fingerprint density at radius 2 is 1.89 bits per heavy atom. The number of nitrogens with zero attached hydrogens (tertiary/aromatic N) is 2. The van der Waals surface area contributed by atoms with E-state index in [1.807, 2.05) is 0 Å². The second kappa shape index (κ2) is 7.90. The minimum absolute atomic E-state index is 0.0311.